The van der Waals surface area contributed by atoms with Crippen molar-refractivity contribution >= 4 is 5.91 Å². The van der Waals surface area contributed by atoms with Crippen LogP contribution < -0.4 is 0 Å². The Balaban J connectivity index is 1.63. The molecule has 140 valence electrons. The van der Waals surface area contributed by atoms with Crippen LogP contribution in [0.4, 0.5) is 13.2 Å². The lowest BCUT2D eigenvalue weighted by Gasteiger charge is -2.33. The smallest absolute Gasteiger partial charge is 0.337 e. The van der Waals surface area contributed by atoms with Crippen LogP contribution in [-0.2, 0) is 19.6 Å². The second kappa shape index (κ2) is 7.51. The summed E-state index contributed by atoms with van der Waals surface area (Å²) in [6.07, 6.45) is 0.0717. The van der Waals surface area contributed by atoms with Gasteiger partial charge in [0.1, 0.15) is 5.69 Å². The number of benzene rings is 1. The lowest BCUT2D eigenvalue weighted by atomic mass is 9.90. The van der Waals surface area contributed by atoms with Crippen LogP contribution in [0.15, 0.2) is 36.5 Å². The van der Waals surface area contributed by atoms with Gasteiger partial charge in [-0.05, 0) is 49.3 Å². The third-order valence-electron chi connectivity index (χ3n) is 4.99. The second-order valence-electron chi connectivity index (χ2n) is 6.79. The summed E-state index contributed by atoms with van der Waals surface area (Å²) in [7, 11) is 1.72. The zero-order valence-electron chi connectivity index (χ0n) is 14.7. The molecule has 0 radical (unpaired) electrons. The predicted molar refractivity (Wildman–Crippen MR) is 91.6 cm³/mol. The second-order valence-corrected chi connectivity index (χ2v) is 6.79. The zero-order chi connectivity index (χ0) is 18.7. The van der Waals surface area contributed by atoms with Gasteiger partial charge in [0.2, 0.25) is 0 Å². The first-order valence-electron chi connectivity index (χ1n) is 8.78. The molecule has 1 aliphatic heterocycles. The summed E-state index contributed by atoms with van der Waals surface area (Å²) in [6, 6.07) is 7.43. The Bertz CT molecular complexity index is 769. The highest BCUT2D eigenvalue weighted by molar-refractivity contribution is 5.92. The summed E-state index contributed by atoms with van der Waals surface area (Å²) in [6.45, 7) is 1.26. The van der Waals surface area contributed by atoms with Gasteiger partial charge in [-0.3, -0.25) is 9.48 Å². The van der Waals surface area contributed by atoms with Gasteiger partial charge < -0.3 is 4.90 Å². The highest BCUT2D eigenvalue weighted by Gasteiger charge is 2.33. The lowest BCUT2D eigenvalue weighted by molar-refractivity contribution is -0.138. The van der Waals surface area contributed by atoms with E-state index in [0.717, 1.165) is 18.9 Å². The van der Waals surface area contributed by atoms with Crippen LogP contribution in [0.5, 0.6) is 0 Å². The maximum Gasteiger partial charge on any atom is 0.416 e. The van der Waals surface area contributed by atoms with Gasteiger partial charge in [0.05, 0.1) is 5.56 Å². The third kappa shape index (κ3) is 4.08. The molecule has 7 heteroatoms. The molecule has 2 aromatic rings. The predicted octanol–water partition coefficient (Wildman–Crippen LogP) is 3.92. The van der Waals surface area contributed by atoms with E-state index >= 15 is 0 Å². The number of amides is 1. The van der Waals surface area contributed by atoms with Gasteiger partial charge in [0, 0.05) is 26.3 Å². The Labute approximate surface area is 150 Å². The average molecular weight is 365 g/mol. The normalized spacial score (nSPS) is 18.2. The van der Waals surface area contributed by atoms with Crippen molar-refractivity contribution in [1.29, 1.82) is 0 Å². The minimum absolute atomic E-state index is 0.0645. The number of likely N-dealkylation sites (tertiary alicyclic amines) is 1. The van der Waals surface area contributed by atoms with Gasteiger partial charge in [-0.15, -0.1) is 0 Å². The van der Waals surface area contributed by atoms with Crippen LogP contribution in [0.2, 0.25) is 0 Å². The number of halogens is 3. The fourth-order valence-electron chi connectivity index (χ4n) is 3.61. The van der Waals surface area contributed by atoms with Gasteiger partial charge in [-0.25, -0.2) is 0 Å². The first kappa shape index (κ1) is 18.5. The summed E-state index contributed by atoms with van der Waals surface area (Å²) >= 11 is 0. The molecule has 1 aliphatic rings. The molecule has 2 heterocycles. The van der Waals surface area contributed by atoms with Crippen LogP contribution in [0.1, 0.15) is 40.9 Å². The quantitative estimate of drug-likeness (QED) is 0.824. The van der Waals surface area contributed by atoms with Crippen molar-refractivity contribution in [2.24, 2.45) is 13.0 Å². The Morgan fingerprint density at radius 2 is 2.04 bits per heavy atom. The van der Waals surface area contributed by atoms with Crippen LogP contribution >= 0.6 is 0 Å². The van der Waals surface area contributed by atoms with E-state index in [-0.39, 0.29) is 11.8 Å². The lowest BCUT2D eigenvalue weighted by Crippen LogP contribution is -2.40. The van der Waals surface area contributed by atoms with E-state index in [1.54, 1.807) is 41.0 Å². The van der Waals surface area contributed by atoms with Crippen LogP contribution in [0.3, 0.4) is 0 Å². The molecule has 0 aliphatic carbocycles. The largest absolute Gasteiger partial charge is 0.416 e. The van der Waals surface area contributed by atoms with Crippen molar-refractivity contribution in [3.8, 4) is 0 Å². The maximum absolute atomic E-state index is 13.1. The Morgan fingerprint density at radius 3 is 2.73 bits per heavy atom. The summed E-state index contributed by atoms with van der Waals surface area (Å²) in [5.74, 6) is 0.146. The molecule has 1 saturated heterocycles. The molecular weight excluding hydrogens is 343 g/mol. The number of aromatic nitrogens is 2. The molecule has 1 fully saturated rings. The summed E-state index contributed by atoms with van der Waals surface area (Å²) < 4.78 is 40.9. The van der Waals surface area contributed by atoms with Gasteiger partial charge in [-0.1, -0.05) is 18.2 Å². The first-order valence-corrected chi connectivity index (χ1v) is 8.78. The molecule has 1 unspecified atom stereocenters. The van der Waals surface area contributed by atoms with E-state index in [9.17, 15) is 18.0 Å². The van der Waals surface area contributed by atoms with E-state index in [0.29, 0.717) is 37.2 Å². The number of rotatable bonds is 4. The number of nitrogens with zero attached hydrogens (tertiary/aromatic N) is 3. The van der Waals surface area contributed by atoms with Gasteiger partial charge >= 0.3 is 6.18 Å². The fourth-order valence-corrected chi connectivity index (χ4v) is 3.61. The molecule has 4 nitrogen and oxygen atoms in total. The molecule has 26 heavy (non-hydrogen) atoms. The number of carbonyl (C=O) groups is 1. The van der Waals surface area contributed by atoms with E-state index in [1.165, 1.54) is 6.07 Å². The first-order chi connectivity index (χ1) is 12.4. The molecule has 3 rings (SSSR count). The number of aryl methyl sites for hydroxylation is 2. The maximum atomic E-state index is 13.1. The number of piperidine rings is 1. The average Bonchev–Trinajstić information content (AvgIpc) is 3.05. The SMILES string of the molecule is Cn1nccc1C(=O)N1CCCC(CCc2ccccc2C(F)(F)F)C1. The van der Waals surface area contributed by atoms with Gasteiger partial charge in [0.15, 0.2) is 0 Å². The highest BCUT2D eigenvalue weighted by atomic mass is 19.4. The molecule has 0 bridgehead atoms. The van der Waals surface area contributed by atoms with Crippen molar-refractivity contribution in [1.82, 2.24) is 14.7 Å². The van der Waals surface area contributed by atoms with Crippen LogP contribution in [0, 0.1) is 5.92 Å². The minimum atomic E-state index is -4.33. The van der Waals surface area contributed by atoms with Crippen molar-refractivity contribution in [2.45, 2.75) is 31.9 Å². The third-order valence-corrected chi connectivity index (χ3v) is 4.99. The number of alkyl halides is 3. The zero-order valence-corrected chi connectivity index (χ0v) is 14.7. The summed E-state index contributed by atoms with van der Waals surface area (Å²) in [5, 5.41) is 4.02. The van der Waals surface area contributed by atoms with Crippen LogP contribution in [0.25, 0.3) is 0 Å². The van der Waals surface area contributed by atoms with E-state index in [2.05, 4.69) is 5.10 Å². The van der Waals surface area contributed by atoms with Crippen LogP contribution in [-0.4, -0.2) is 33.7 Å². The monoisotopic (exact) mass is 365 g/mol. The molecule has 1 aromatic carbocycles. The Kier molecular flexibility index (Phi) is 5.34. The number of carbonyl (C=O) groups excluding carboxylic acids is 1. The summed E-state index contributed by atoms with van der Waals surface area (Å²) in [4.78, 5) is 14.4. The van der Waals surface area contributed by atoms with Crippen molar-refractivity contribution in [2.75, 3.05) is 13.1 Å². The Hall–Kier alpha value is -2.31. The van der Waals surface area contributed by atoms with Crippen molar-refractivity contribution < 1.29 is 18.0 Å². The minimum Gasteiger partial charge on any atom is -0.337 e. The molecule has 0 saturated carbocycles. The van der Waals surface area contributed by atoms with Gasteiger partial charge in [-0.2, -0.15) is 18.3 Å². The molecule has 1 aromatic heterocycles. The van der Waals surface area contributed by atoms with E-state index in [1.807, 2.05) is 0 Å². The standard InChI is InChI=1S/C19H22F3N3O/c1-24-17(10-11-23-24)18(26)25-12-4-5-14(13-25)8-9-15-6-2-3-7-16(15)19(20,21)22/h2-3,6-7,10-11,14H,4-5,8-9,12-13H2,1H3. The van der Waals surface area contributed by atoms with E-state index in [4.69, 9.17) is 0 Å². The molecular formula is C19H22F3N3O. The van der Waals surface area contributed by atoms with E-state index < -0.39 is 11.7 Å². The molecule has 0 spiro atoms. The Morgan fingerprint density at radius 1 is 1.27 bits per heavy atom. The molecule has 1 atom stereocenters. The van der Waals surface area contributed by atoms with Crippen molar-refractivity contribution in [3.63, 3.8) is 0 Å². The van der Waals surface area contributed by atoms with Crippen molar-refractivity contribution in [3.05, 3.63) is 53.3 Å². The highest BCUT2D eigenvalue weighted by Crippen LogP contribution is 2.33. The number of hydrogen-bond donors (Lipinski definition) is 0. The summed E-state index contributed by atoms with van der Waals surface area (Å²) in [5.41, 5.74) is 0.307. The molecule has 0 N–H and O–H groups in total. The molecule has 1 amide bonds. The van der Waals surface area contributed by atoms with Gasteiger partial charge in [0.25, 0.3) is 5.91 Å². The fraction of sp³-hybridized carbons (Fsp3) is 0.474. The topological polar surface area (TPSA) is 38.1 Å². The number of hydrogen-bond acceptors (Lipinski definition) is 2.